The Balaban J connectivity index is 2.13. The van der Waals surface area contributed by atoms with Crippen LogP contribution in [0.1, 0.15) is 13.8 Å². The Hall–Kier alpha value is -1.03. The molecule has 13 heavy (non-hydrogen) atoms. The van der Waals surface area contributed by atoms with Crippen LogP contribution in [0.5, 0.6) is 5.75 Å². The molecule has 74 valence electrons. The molecule has 1 N–H and O–H groups in total. The van der Waals surface area contributed by atoms with Gasteiger partial charge >= 0.3 is 0 Å². The van der Waals surface area contributed by atoms with Crippen LogP contribution in [-0.4, -0.2) is 28.1 Å². The second-order valence-corrected chi connectivity index (χ2v) is 3.43. The first-order valence-corrected chi connectivity index (χ1v) is 4.47. The average Bonchev–Trinajstić information content (AvgIpc) is 2.45. The molecule has 1 aromatic heterocycles. The van der Waals surface area contributed by atoms with Gasteiger partial charge in [-0.25, -0.2) is 0 Å². The fourth-order valence-corrected chi connectivity index (χ4v) is 0.952. The fraction of sp³-hybridized carbons (Fsp3) is 0.667. The Morgan fingerprint density at radius 1 is 1.62 bits per heavy atom. The van der Waals surface area contributed by atoms with E-state index in [1.54, 1.807) is 10.9 Å². The number of ether oxygens (including phenoxy) is 1. The highest BCUT2D eigenvalue weighted by atomic mass is 16.5. The Bertz CT molecular complexity index is 246. The minimum absolute atomic E-state index is 0.198. The van der Waals surface area contributed by atoms with Gasteiger partial charge in [-0.3, -0.25) is 4.68 Å². The molecule has 0 aliphatic carbocycles. The van der Waals surface area contributed by atoms with Gasteiger partial charge in [-0.1, -0.05) is 13.8 Å². The SMILES string of the molecule is CC(C)COCCn1cc(O)cn1. The topological polar surface area (TPSA) is 47.3 Å². The molecule has 4 nitrogen and oxygen atoms in total. The third-order valence-corrected chi connectivity index (χ3v) is 1.54. The van der Waals surface area contributed by atoms with E-state index < -0.39 is 0 Å². The van der Waals surface area contributed by atoms with Crippen molar-refractivity contribution in [3.63, 3.8) is 0 Å². The van der Waals surface area contributed by atoms with Crippen molar-refractivity contribution >= 4 is 0 Å². The van der Waals surface area contributed by atoms with E-state index in [1.165, 1.54) is 6.20 Å². The molecule has 0 atom stereocenters. The molecule has 1 heterocycles. The number of rotatable bonds is 5. The molecule has 0 saturated heterocycles. The Kier molecular flexibility index (Phi) is 3.76. The van der Waals surface area contributed by atoms with Gasteiger partial charge in [0.1, 0.15) is 0 Å². The van der Waals surface area contributed by atoms with Crippen LogP contribution in [0.2, 0.25) is 0 Å². The largest absolute Gasteiger partial charge is 0.505 e. The molecule has 1 rings (SSSR count). The van der Waals surface area contributed by atoms with Gasteiger partial charge in [0.05, 0.1) is 25.5 Å². The maximum Gasteiger partial charge on any atom is 0.153 e. The molecule has 0 aliphatic rings. The van der Waals surface area contributed by atoms with Crippen LogP contribution in [0.15, 0.2) is 12.4 Å². The van der Waals surface area contributed by atoms with Gasteiger partial charge in [-0.2, -0.15) is 5.10 Å². The van der Waals surface area contributed by atoms with Gasteiger partial charge < -0.3 is 9.84 Å². The van der Waals surface area contributed by atoms with Gasteiger partial charge in [-0.15, -0.1) is 0 Å². The van der Waals surface area contributed by atoms with E-state index >= 15 is 0 Å². The van der Waals surface area contributed by atoms with E-state index in [-0.39, 0.29) is 5.75 Å². The van der Waals surface area contributed by atoms with Crippen LogP contribution < -0.4 is 0 Å². The highest BCUT2D eigenvalue weighted by Gasteiger charge is 1.96. The predicted octanol–water partition coefficient (Wildman–Crippen LogP) is 1.26. The van der Waals surface area contributed by atoms with Crippen LogP contribution in [-0.2, 0) is 11.3 Å². The van der Waals surface area contributed by atoms with Crippen LogP contribution in [0, 0.1) is 5.92 Å². The van der Waals surface area contributed by atoms with Gasteiger partial charge in [0.2, 0.25) is 0 Å². The number of nitrogens with zero attached hydrogens (tertiary/aromatic N) is 2. The minimum Gasteiger partial charge on any atom is -0.505 e. The number of hydrogen-bond acceptors (Lipinski definition) is 3. The van der Waals surface area contributed by atoms with Gasteiger partial charge in [-0.05, 0) is 5.92 Å². The minimum atomic E-state index is 0.198. The molecule has 0 unspecified atom stereocenters. The lowest BCUT2D eigenvalue weighted by molar-refractivity contribution is 0.101. The van der Waals surface area contributed by atoms with Crippen molar-refractivity contribution in [1.82, 2.24) is 9.78 Å². The standard InChI is InChI=1S/C9H16N2O2/c1-8(2)7-13-4-3-11-6-9(12)5-10-11/h5-6,8,12H,3-4,7H2,1-2H3. The maximum atomic E-state index is 8.97. The molecule has 0 aliphatic heterocycles. The van der Waals surface area contributed by atoms with Crippen molar-refractivity contribution in [2.75, 3.05) is 13.2 Å². The van der Waals surface area contributed by atoms with E-state index in [0.29, 0.717) is 19.1 Å². The number of hydrogen-bond donors (Lipinski definition) is 1. The lowest BCUT2D eigenvalue weighted by Gasteiger charge is -2.06. The normalized spacial score (nSPS) is 11.0. The molecule has 1 aromatic rings. The summed E-state index contributed by atoms with van der Waals surface area (Å²) < 4.78 is 7.03. The first-order chi connectivity index (χ1) is 6.18. The molecule has 4 heteroatoms. The first kappa shape index (κ1) is 10.1. The summed E-state index contributed by atoms with van der Waals surface area (Å²) in [6, 6.07) is 0. The Morgan fingerprint density at radius 3 is 2.92 bits per heavy atom. The first-order valence-electron chi connectivity index (χ1n) is 4.47. The molecule has 0 aromatic carbocycles. The lowest BCUT2D eigenvalue weighted by Crippen LogP contribution is -2.09. The molecule has 0 bridgehead atoms. The van der Waals surface area contributed by atoms with E-state index in [0.717, 1.165) is 6.61 Å². The smallest absolute Gasteiger partial charge is 0.153 e. The van der Waals surface area contributed by atoms with Crippen LogP contribution >= 0.6 is 0 Å². The van der Waals surface area contributed by atoms with Crippen molar-refractivity contribution < 1.29 is 9.84 Å². The molecule has 0 fully saturated rings. The summed E-state index contributed by atoms with van der Waals surface area (Å²) >= 11 is 0. The molecular formula is C9H16N2O2. The van der Waals surface area contributed by atoms with E-state index in [1.807, 2.05) is 0 Å². The van der Waals surface area contributed by atoms with Crippen molar-refractivity contribution in [3.8, 4) is 5.75 Å². The quantitative estimate of drug-likeness (QED) is 0.701. The lowest BCUT2D eigenvalue weighted by atomic mass is 10.2. The number of aromatic nitrogens is 2. The highest BCUT2D eigenvalue weighted by molar-refractivity contribution is 5.08. The van der Waals surface area contributed by atoms with Crippen LogP contribution in [0.25, 0.3) is 0 Å². The zero-order valence-corrected chi connectivity index (χ0v) is 8.10. The van der Waals surface area contributed by atoms with Crippen molar-refractivity contribution in [3.05, 3.63) is 12.4 Å². The van der Waals surface area contributed by atoms with Gasteiger partial charge in [0, 0.05) is 6.61 Å². The zero-order chi connectivity index (χ0) is 9.68. The van der Waals surface area contributed by atoms with Crippen LogP contribution in [0.4, 0.5) is 0 Å². The fourth-order valence-electron chi connectivity index (χ4n) is 0.952. The third-order valence-electron chi connectivity index (χ3n) is 1.54. The van der Waals surface area contributed by atoms with Crippen molar-refractivity contribution in [1.29, 1.82) is 0 Å². The zero-order valence-electron chi connectivity index (χ0n) is 8.10. The summed E-state index contributed by atoms with van der Waals surface area (Å²) in [5, 5.41) is 12.9. The molecular weight excluding hydrogens is 168 g/mol. The second-order valence-electron chi connectivity index (χ2n) is 3.43. The average molecular weight is 184 g/mol. The monoisotopic (exact) mass is 184 g/mol. The molecule has 0 radical (unpaired) electrons. The summed E-state index contributed by atoms with van der Waals surface area (Å²) in [5.74, 6) is 0.759. The predicted molar refractivity (Wildman–Crippen MR) is 49.5 cm³/mol. The Labute approximate surface area is 78.1 Å². The van der Waals surface area contributed by atoms with E-state index in [2.05, 4.69) is 18.9 Å². The van der Waals surface area contributed by atoms with Gasteiger partial charge in [0.25, 0.3) is 0 Å². The van der Waals surface area contributed by atoms with Crippen molar-refractivity contribution in [2.45, 2.75) is 20.4 Å². The maximum absolute atomic E-state index is 8.97. The van der Waals surface area contributed by atoms with E-state index in [4.69, 9.17) is 9.84 Å². The molecule has 0 amide bonds. The van der Waals surface area contributed by atoms with Crippen LogP contribution in [0.3, 0.4) is 0 Å². The summed E-state index contributed by atoms with van der Waals surface area (Å²) in [6.07, 6.45) is 3.00. The summed E-state index contributed by atoms with van der Waals surface area (Å²) in [7, 11) is 0. The van der Waals surface area contributed by atoms with Gasteiger partial charge in [0.15, 0.2) is 5.75 Å². The van der Waals surface area contributed by atoms with Crippen molar-refractivity contribution in [2.24, 2.45) is 5.92 Å². The molecule has 0 spiro atoms. The third kappa shape index (κ3) is 3.94. The summed E-state index contributed by atoms with van der Waals surface area (Å²) in [4.78, 5) is 0. The highest BCUT2D eigenvalue weighted by Crippen LogP contribution is 2.03. The number of aromatic hydroxyl groups is 1. The second kappa shape index (κ2) is 4.87. The summed E-state index contributed by atoms with van der Waals surface area (Å²) in [6.45, 7) is 6.32. The Morgan fingerprint density at radius 2 is 2.38 bits per heavy atom. The molecule has 0 saturated carbocycles. The van der Waals surface area contributed by atoms with E-state index in [9.17, 15) is 0 Å². The summed E-state index contributed by atoms with van der Waals surface area (Å²) in [5.41, 5.74) is 0.